The van der Waals surface area contributed by atoms with Crippen LogP contribution in [-0.2, 0) is 9.47 Å². The number of nitrogens with one attached hydrogen (secondary N) is 1. The first kappa shape index (κ1) is 9.96. The lowest BCUT2D eigenvalue weighted by Gasteiger charge is -2.37. The predicted octanol–water partition coefficient (Wildman–Crippen LogP) is 0.791. The second-order valence-electron chi connectivity index (χ2n) is 3.53. The van der Waals surface area contributed by atoms with Crippen molar-refractivity contribution in [3.8, 4) is 0 Å². The van der Waals surface area contributed by atoms with E-state index in [2.05, 4.69) is 5.32 Å². The van der Waals surface area contributed by atoms with Gasteiger partial charge >= 0.3 is 0 Å². The molecule has 72 valence electrons. The lowest BCUT2D eigenvalue weighted by atomic mass is 9.90. The summed E-state index contributed by atoms with van der Waals surface area (Å²) in [5, 5.41) is 3.48. The van der Waals surface area contributed by atoms with Crippen LogP contribution in [0.5, 0.6) is 0 Å². The van der Waals surface area contributed by atoms with Crippen LogP contribution in [0.4, 0.5) is 0 Å². The van der Waals surface area contributed by atoms with Crippen LogP contribution in [-0.4, -0.2) is 39.5 Å². The van der Waals surface area contributed by atoms with E-state index in [1.807, 2.05) is 0 Å². The van der Waals surface area contributed by atoms with Gasteiger partial charge in [-0.2, -0.15) is 0 Å². The van der Waals surface area contributed by atoms with Gasteiger partial charge in [-0.15, -0.1) is 0 Å². The van der Waals surface area contributed by atoms with Gasteiger partial charge in [0.1, 0.15) is 0 Å². The molecule has 3 heteroatoms. The van der Waals surface area contributed by atoms with Crippen molar-refractivity contribution < 1.29 is 9.47 Å². The highest BCUT2D eigenvalue weighted by molar-refractivity contribution is 4.90. The van der Waals surface area contributed by atoms with Gasteiger partial charge in [-0.05, 0) is 19.4 Å². The van der Waals surface area contributed by atoms with Crippen LogP contribution in [0.15, 0.2) is 0 Å². The van der Waals surface area contributed by atoms with Gasteiger partial charge in [-0.25, -0.2) is 0 Å². The van der Waals surface area contributed by atoms with E-state index in [1.165, 1.54) is 12.8 Å². The van der Waals surface area contributed by atoms with E-state index < -0.39 is 0 Å². The fourth-order valence-electron chi connectivity index (χ4n) is 1.87. The number of ether oxygens (including phenoxy) is 2. The Morgan fingerprint density at radius 2 is 1.83 bits per heavy atom. The largest absolute Gasteiger partial charge is 0.383 e. The molecule has 0 unspecified atom stereocenters. The zero-order valence-electron chi connectivity index (χ0n) is 8.06. The molecule has 1 aliphatic heterocycles. The zero-order valence-corrected chi connectivity index (χ0v) is 8.06. The molecule has 1 heterocycles. The van der Waals surface area contributed by atoms with Crippen LogP contribution in [0.1, 0.15) is 19.3 Å². The van der Waals surface area contributed by atoms with Crippen molar-refractivity contribution in [3.63, 3.8) is 0 Å². The fraction of sp³-hybridized carbons (Fsp3) is 1.00. The number of rotatable bonds is 4. The normalized spacial score (nSPS) is 22.5. The molecule has 12 heavy (non-hydrogen) atoms. The van der Waals surface area contributed by atoms with Crippen molar-refractivity contribution in [2.45, 2.75) is 24.8 Å². The summed E-state index contributed by atoms with van der Waals surface area (Å²) in [6.07, 6.45) is 3.71. The molecule has 0 atom stereocenters. The van der Waals surface area contributed by atoms with Crippen LogP contribution >= 0.6 is 0 Å². The summed E-state index contributed by atoms with van der Waals surface area (Å²) < 4.78 is 10.4. The predicted molar refractivity (Wildman–Crippen MR) is 48.3 cm³/mol. The molecule has 0 saturated carbocycles. The highest BCUT2D eigenvalue weighted by Gasteiger charge is 2.31. The minimum Gasteiger partial charge on any atom is -0.383 e. The van der Waals surface area contributed by atoms with Crippen molar-refractivity contribution in [2.75, 3.05) is 34.0 Å². The minimum absolute atomic E-state index is 0.0851. The van der Waals surface area contributed by atoms with Crippen LogP contribution in [0.3, 0.4) is 0 Å². The summed E-state index contributed by atoms with van der Waals surface area (Å²) in [7, 11) is 3.49. The molecule has 0 aromatic heterocycles. The standard InChI is InChI=1S/C9H19NO2/c1-11-7-9(8-12-2)5-3-4-6-10-9/h10H,3-8H2,1-2H3. The maximum absolute atomic E-state index is 5.19. The van der Waals surface area contributed by atoms with Gasteiger partial charge < -0.3 is 14.8 Å². The Morgan fingerprint density at radius 1 is 1.17 bits per heavy atom. The Hall–Kier alpha value is -0.120. The topological polar surface area (TPSA) is 30.5 Å². The molecule has 0 radical (unpaired) electrons. The highest BCUT2D eigenvalue weighted by atomic mass is 16.5. The Bertz CT molecular complexity index is 106. The van der Waals surface area contributed by atoms with Gasteiger partial charge in [0.2, 0.25) is 0 Å². The zero-order chi connectivity index (χ0) is 8.86. The summed E-state index contributed by atoms with van der Waals surface area (Å²) in [5.41, 5.74) is 0.0851. The average molecular weight is 173 g/mol. The molecular weight excluding hydrogens is 154 g/mol. The third kappa shape index (κ3) is 2.44. The molecule has 0 bridgehead atoms. The molecule has 0 spiro atoms. The Morgan fingerprint density at radius 3 is 2.25 bits per heavy atom. The van der Waals surface area contributed by atoms with Crippen molar-refractivity contribution in [2.24, 2.45) is 0 Å². The van der Waals surface area contributed by atoms with E-state index in [4.69, 9.17) is 9.47 Å². The maximum atomic E-state index is 5.19. The average Bonchev–Trinajstić information content (AvgIpc) is 2.07. The Balaban J connectivity index is 2.44. The van der Waals surface area contributed by atoms with Crippen LogP contribution in [0.2, 0.25) is 0 Å². The van der Waals surface area contributed by atoms with Gasteiger partial charge in [-0.3, -0.25) is 0 Å². The minimum atomic E-state index is 0.0851. The van der Waals surface area contributed by atoms with Crippen molar-refractivity contribution in [1.29, 1.82) is 0 Å². The first-order valence-corrected chi connectivity index (χ1v) is 4.56. The van der Waals surface area contributed by atoms with Gasteiger partial charge in [-0.1, -0.05) is 6.42 Å². The molecule has 1 N–H and O–H groups in total. The Labute approximate surface area is 74.4 Å². The van der Waals surface area contributed by atoms with Gasteiger partial charge in [0.15, 0.2) is 0 Å². The molecule has 1 saturated heterocycles. The maximum Gasteiger partial charge on any atom is 0.0667 e. The Kier molecular flexibility index (Phi) is 3.98. The third-order valence-corrected chi connectivity index (χ3v) is 2.42. The van der Waals surface area contributed by atoms with Crippen LogP contribution in [0.25, 0.3) is 0 Å². The third-order valence-electron chi connectivity index (χ3n) is 2.42. The van der Waals surface area contributed by atoms with Gasteiger partial charge in [0.25, 0.3) is 0 Å². The van der Waals surface area contributed by atoms with Crippen molar-refractivity contribution in [3.05, 3.63) is 0 Å². The summed E-state index contributed by atoms with van der Waals surface area (Å²) in [6.45, 7) is 2.59. The fourth-order valence-corrected chi connectivity index (χ4v) is 1.87. The molecule has 1 rings (SSSR count). The van der Waals surface area contributed by atoms with E-state index in [0.29, 0.717) is 0 Å². The highest BCUT2D eigenvalue weighted by Crippen LogP contribution is 2.19. The van der Waals surface area contributed by atoms with E-state index >= 15 is 0 Å². The smallest absolute Gasteiger partial charge is 0.0667 e. The molecule has 1 fully saturated rings. The van der Waals surface area contributed by atoms with E-state index in [0.717, 1.165) is 26.2 Å². The summed E-state index contributed by atoms with van der Waals surface area (Å²) >= 11 is 0. The lowest BCUT2D eigenvalue weighted by Crippen LogP contribution is -2.55. The van der Waals surface area contributed by atoms with Crippen molar-refractivity contribution in [1.82, 2.24) is 5.32 Å². The number of hydrogen-bond acceptors (Lipinski definition) is 3. The van der Waals surface area contributed by atoms with Gasteiger partial charge in [0, 0.05) is 14.2 Å². The molecule has 3 nitrogen and oxygen atoms in total. The summed E-state index contributed by atoms with van der Waals surface area (Å²) in [5.74, 6) is 0. The van der Waals surface area contributed by atoms with Crippen molar-refractivity contribution >= 4 is 0 Å². The monoisotopic (exact) mass is 173 g/mol. The molecule has 1 aliphatic rings. The van der Waals surface area contributed by atoms with E-state index in [1.54, 1.807) is 14.2 Å². The SMILES string of the molecule is COCC1(COC)CCCCN1. The molecule has 0 amide bonds. The van der Waals surface area contributed by atoms with E-state index in [-0.39, 0.29) is 5.54 Å². The summed E-state index contributed by atoms with van der Waals surface area (Å²) in [6, 6.07) is 0. The summed E-state index contributed by atoms with van der Waals surface area (Å²) in [4.78, 5) is 0. The lowest BCUT2D eigenvalue weighted by molar-refractivity contribution is 0.0267. The number of methoxy groups -OCH3 is 2. The number of hydrogen-bond donors (Lipinski definition) is 1. The van der Waals surface area contributed by atoms with Crippen LogP contribution in [0, 0.1) is 0 Å². The van der Waals surface area contributed by atoms with Crippen LogP contribution < -0.4 is 5.32 Å². The second-order valence-corrected chi connectivity index (χ2v) is 3.53. The molecule has 0 aromatic carbocycles. The van der Waals surface area contributed by atoms with E-state index in [9.17, 15) is 0 Å². The second kappa shape index (κ2) is 4.80. The molecule has 0 aromatic rings. The van der Waals surface area contributed by atoms with Gasteiger partial charge in [0.05, 0.1) is 18.8 Å². The first-order valence-electron chi connectivity index (χ1n) is 4.56. The molecular formula is C9H19NO2. The number of piperidine rings is 1. The first-order chi connectivity index (χ1) is 5.83. The quantitative estimate of drug-likeness (QED) is 0.682. The molecule has 0 aliphatic carbocycles.